The van der Waals surface area contributed by atoms with Crippen molar-refractivity contribution >= 4 is 11.7 Å². The van der Waals surface area contributed by atoms with Crippen molar-refractivity contribution in [1.29, 1.82) is 0 Å². The zero-order valence-electron chi connectivity index (χ0n) is 17.7. The molecule has 2 saturated heterocycles. The molecular weight excluding hydrogens is 368 g/mol. The lowest BCUT2D eigenvalue weighted by Crippen LogP contribution is -2.52. The van der Waals surface area contributed by atoms with Crippen LogP contribution in [0.2, 0.25) is 0 Å². The van der Waals surface area contributed by atoms with Crippen LogP contribution in [0, 0.1) is 16.0 Å². The van der Waals surface area contributed by atoms with E-state index in [9.17, 15) is 14.9 Å². The molecule has 0 radical (unpaired) electrons. The average Bonchev–Trinajstić information content (AvgIpc) is 2.95. The standard InChI is InChI=1S/C22H34N4O3/c1-17(2)23-22(27)25-13-5-3-4-6-21(25)19-11-14-24(15-12-19)16-18-7-9-20(10-8-18)26(28)29/h7-10,17,19,21H,3-6,11-16H2,1-2H3,(H,23,27). The van der Waals surface area contributed by atoms with E-state index in [1.165, 1.54) is 12.8 Å². The highest BCUT2D eigenvalue weighted by Gasteiger charge is 2.34. The number of nitrogens with zero attached hydrogens (tertiary/aromatic N) is 3. The summed E-state index contributed by atoms with van der Waals surface area (Å²) in [6.07, 6.45) is 6.83. The van der Waals surface area contributed by atoms with Crippen molar-refractivity contribution in [3.63, 3.8) is 0 Å². The molecule has 1 atom stereocenters. The Bertz CT molecular complexity index is 684. The van der Waals surface area contributed by atoms with Gasteiger partial charge in [0.1, 0.15) is 0 Å². The normalized spacial score (nSPS) is 21.8. The predicted octanol–water partition coefficient (Wildman–Crippen LogP) is 4.17. The van der Waals surface area contributed by atoms with Crippen LogP contribution in [0.5, 0.6) is 0 Å². The highest BCUT2D eigenvalue weighted by Crippen LogP contribution is 2.30. The molecule has 0 bridgehead atoms. The summed E-state index contributed by atoms with van der Waals surface area (Å²) in [6, 6.07) is 7.48. The van der Waals surface area contributed by atoms with E-state index in [0.717, 1.165) is 57.4 Å². The fraction of sp³-hybridized carbons (Fsp3) is 0.682. The molecule has 7 heteroatoms. The molecule has 1 N–H and O–H groups in total. The van der Waals surface area contributed by atoms with Crippen molar-refractivity contribution < 1.29 is 9.72 Å². The van der Waals surface area contributed by atoms with Crippen LogP contribution in [-0.4, -0.2) is 52.5 Å². The van der Waals surface area contributed by atoms with Crippen LogP contribution in [-0.2, 0) is 6.54 Å². The third-order valence-corrected chi connectivity index (χ3v) is 6.20. The van der Waals surface area contributed by atoms with E-state index in [1.54, 1.807) is 12.1 Å². The maximum absolute atomic E-state index is 12.8. The largest absolute Gasteiger partial charge is 0.336 e. The van der Waals surface area contributed by atoms with Gasteiger partial charge in [-0.3, -0.25) is 15.0 Å². The van der Waals surface area contributed by atoms with Crippen molar-refractivity contribution in [3.05, 3.63) is 39.9 Å². The highest BCUT2D eigenvalue weighted by atomic mass is 16.6. The number of likely N-dealkylation sites (tertiary alicyclic amines) is 2. The van der Waals surface area contributed by atoms with Gasteiger partial charge in [0.25, 0.3) is 5.69 Å². The smallest absolute Gasteiger partial charge is 0.317 e. The van der Waals surface area contributed by atoms with E-state index >= 15 is 0 Å². The van der Waals surface area contributed by atoms with E-state index in [-0.39, 0.29) is 22.7 Å². The second kappa shape index (κ2) is 10.1. The third kappa shape index (κ3) is 5.92. The lowest BCUT2D eigenvalue weighted by atomic mass is 9.86. The van der Waals surface area contributed by atoms with E-state index in [2.05, 4.69) is 15.1 Å². The SMILES string of the molecule is CC(C)NC(=O)N1CCCCCC1C1CCN(Cc2ccc([N+](=O)[O-])cc2)CC1. The van der Waals surface area contributed by atoms with Crippen LogP contribution in [0.25, 0.3) is 0 Å². The Hall–Kier alpha value is -2.15. The molecule has 29 heavy (non-hydrogen) atoms. The Morgan fingerprint density at radius 2 is 1.79 bits per heavy atom. The van der Waals surface area contributed by atoms with Gasteiger partial charge in [0, 0.05) is 37.3 Å². The van der Waals surface area contributed by atoms with Crippen molar-refractivity contribution in [3.8, 4) is 0 Å². The maximum atomic E-state index is 12.8. The Kier molecular flexibility index (Phi) is 7.47. The second-order valence-electron chi connectivity index (χ2n) is 8.75. The average molecular weight is 403 g/mol. The molecule has 2 heterocycles. The number of piperidine rings is 1. The van der Waals surface area contributed by atoms with E-state index in [1.807, 2.05) is 26.0 Å². The van der Waals surface area contributed by atoms with E-state index in [0.29, 0.717) is 12.0 Å². The van der Waals surface area contributed by atoms with Gasteiger partial charge in [-0.05, 0) is 64.1 Å². The van der Waals surface area contributed by atoms with Gasteiger partial charge in [0.15, 0.2) is 0 Å². The fourth-order valence-corrected chi connectivity index (χ4v) is 4.68. The summed E-state index contributed by atoms with van der Waals surface area (Å²) in [5.74, 6) is 0.555. The number of hydrogen-bond acceptors (Lipinski definition) is 4. The minimum absolute atomic E-state index is 0.0974. The maximum Gasteiger partial charge on any atom is 0.317 e. The Balaban J connectivity index is 1.56. The molecule has 2 aliphatic rings. The zero-order valence-corrected chi connectivity index (χ0v) is 17.7. The number of nitro benzene ring substituents is 1. The molecule has 0 saturated carbocycles. The summed E-state index contributed by atoms with van der Waals surface area (Å²) in [5, 5.41) is 13.9. The minimum Gasteiger partial charge on any atom is -0.336 e. The first-order valence-electron chi connectivity index (χ1n) is 11.0. The van der Waals surface area contributed by atoms with Crippen molar-refractivity contribution in [2.75, 3.05) is 19.6 Å². The second-order valence-corrected chi connectivity index (χ2v) is 8.75. The topological polar surface area (TPSA) is 78.7 Å². The fourth-order valence-electron chi connectivity index (χ4n) is 4.68. The van der Waals surface area contributed by atoms with E-state index < -0.39 is 0 Å². The number of hydrogen-bond donors (Lipinski definition) is 1. The van der Waals surface area contributed by atoms with E-state index in [4.69, 9.17) is 0 Å². The van der Waals surface area contributed by atoms with Crippen LogP contribution >= 0.6 is 0 Å². The Morgan fingerprint density at radius 3 is 2.41 bits per heavy atom. The molecule has 7 nitrogen and oxygen atoms in total. The minimum atomic E-state index is -0.358. The van der Waals surface area contributed by atoms with Gasteiger partial charge in [-0.2, -0.15) is 0 Å². The lowest BCUT2D eigenvalue weighted by molar-refractivity contribution is -0.384. The highest BCUT2D eigenvalue weighted by molar-refractivity contribution is 5.74. The third-order valence-electron chi connectivity index (χ3n) is 6.20. The van der Waals surface area contributed by atoms with Gasteiger partial charge >= 0.3 is 6.03 Å². The number of carbonyl (C=O) groups is 1. The van der Waals surface area contributed by atoms with Crippen LogP contribution in [0.4, 0.5) is 10.5 Å². The lowest BCUT2D eigenvalue weighted by Gasteiger charge is -2.41. The first-order chi connectivity index (χ1) is 13.9. The molecule has 0 aliphatic carbocycles. The molecular formula is C22H34N4O3. The number of amides is 2. The summed E-state index contributed by atoms with van der Waals surface area (Å²) < 4.78 is 0. The van der Waals surface area contributed by atoms with Crippen LogP contribution < -0.4 is 5.32 Å². The van der Waals surface area contributed by atoms with Crippen molar-refractivity contribution in [1.82, 2.24) is 15.1 Å². The summed E-state index contributed by atoms with van der Waals surface area (Å²) in [6.45, 7) is 7.75. The summed E-state index contributed by atoms with van der Waals surface area (Å²) >= 11 is 0. The molecule has 1 aromatic carbocycles. The van der Waals surface area contributed by atoms with Gasteiger partial charge in [-0.1, -0.05) is 25.0 Å². The number of benzene rings is 1. The summed E-state index contributed by atoms with van der Waals surface area (Å²) in [4.78, 5) is 27.7. The van der Waals surface area contributed by atoms with Gasteiger partial charge in [-0.25, -0.2) is 4.79 Å². The monoisotopic (exact) mass is 402 g/mol. The van der Waals surface area contributed by atoms with Crippen molar-refractivity contribution in [2.45, 2.75) is 71.0 Å². The number of nitro groups is 1. The molecule has 2 amide bonds. The van der Waals surface area contributed by atoms with Gasteiger partial charge < -0.3 is 10.2 Å². The van der Waals surface area contributed by atoms with Gasteiger partial charge in [-0.15, -0.1) is 0 Å². The molecule has 2 fully saturated rings. The van der Waals surface area contributed by atoms with Gasteiger partial charge in [0.2, 0.25) is 0 Å². The first-order valence-corrected chi connectivity index (χ1v) is 11.0. The first kappa shape index (κ1) is 21.6. The zero-order chi connectivity index (χ0) is 20.8. The van der Waals surface area contributed by atoms with Crippen LogP contribution in [0.3, 0.4) is 0 Å². The molecule has 3 rings (SSSR count). The number of rotatable bonds is 5. The van der Waals surface area contributed by atoms with Crippen LogP contribution in [0.15, 0.2) is 24.3 Å². The Labute approximate surface area is 173 Å². The molecule has 0 aromatic heterocycles. The predicted molar refractivity (Wildman–Crippen MR) is 114 cm³/mol. The molecule has 2 aliphatic heterocycles. The molecule has 1 aromatic rings. The quantitative estimate of drug-likeness (QED) is 0.592. The number of urea groups is 1. The summed E-state index contributed by atoms with van der Waals surface area (Å²) in [5.41, 5.74) is 1.25. The number of nitrogens with one attached hydrogen (secondary N) is 1. The van der Waals surface area contributed by atoms with Crippen molar-refractivity contribution in [2.24, 2.45) is 5.92 Å². The number of carbonyl (C=O) groups excluding carboxylic acids is 1. The summed E-state index contributed by atoms with van der Waals surface area (Å²) in [7, 11) is 0. The van der Waals surface area contributed by atoms with Gasteiger partial charge in [0.05, 0.1) is 4.92 Å². The number of non-ortho nitro benzene ring substituents is 1. The molecule has 1 unspecified atom stereocenters. The molecule has 160 valence electrons. The van der Waals surface area contributed by atoms with Crippen LogP contribution in [0.1, 0.15) is 57.9 Å². The molecule has 0 spiro atoms. The Morgan fingerprint density at radius 1 is 1.10 bits per heavy atom.